The van der Waals surface area contributed by atoms with Gasteiger partial charge in [-0.2, -0.15) is 0 Å². The van der Waals surface area contributed by atoms with Gasteiger partial charge in [-0.1, -0.05) is 19.8 Å². The van der Waals surface area contributed by atoms with E-state index < -0.39 is 0 Å². The molecule has 0 amide bonds. The summed E-state index contributed by atoms with van der Waals surface area (Å²) in [4.78, 5) is 13.8. The van der Waals surface area contributed by atoms with Crippen molar-refractivity contribution < 1.29 is 9.52 Å². The lowest BCUT2D eigenvalue weighted by molar-refractivity contribution is 0.157. The van der Waals surface area contributed by atoms with Crippen LogP contribution in [-0.4, -0.2) is 23.1 Å². The van der Waals surface area contributed by atoms with Crippen molar-refractivity contribution >= 4 is 0 Å². The maximum atomic E-state index is 11.5. The number of nitrogens with zero attached hydrogens (tertiary/aromatic N) is 1. The van der Waals surface area contributed by atoms with Gasteiger partial charge in [0.1, 0.15) is 5.76 Å². The first-order chi connectivity index (χ1) is 9.10. The topological polar surface area (TPSA) is 53.7 Å². The van der Waals surface area contributed by atoms with E-state index in [0.29, 0.717) is 18.1 Å². The molecule has 1 aliphatic heterocycles. The van der Waals surface area contributed by atoms with Gasteiger partial charge in [-0.3, -0.25) is 9.69 Å². The Kier molecular flexibility index (Phi) is 4.64. The van der Waals surface area contributed by atoms with Crippen molar-refractivity contribution in [2.24, 2.45) is 5.92 Å². The van der Waals surface area contributed by atoms with Crippen LogP contribution in [0.4, 0.5) is 0 Å². The van der Waals surface area contributed by atoms with E-state index in [1.807, 2.05) is 0 Å². The van der Waals surface area contributed by atoms with Crippen LogP contribution in [0.15, 0.2) is 15.3 Å². The Morgan fingerprint density at radius 2 is 2.11 bits per heavy atom. The van der Waals surface area contributed by atoms with Crippen LogP contribution in [0.1, 0.15) is 44.1 Å². The fourth-order valence-electron chi connectivity index (χ4n) is 2.81. The summed E-state index contributed by atoms with van der Waals surface area (Å²) < 4.78 is 5.47. The SMILES string of the molecule is CCCC1CCN(Cc2oc(C)cc(=O)c2O)CC1. The number of hydrogen-bond donors (Lipinski definition) is 1. The minimum atomic E-state index is -0.348. The Balaban J connectivity index is 1.98. The predicted molar refractivity (Wildman–Crippen MR) is 74.3 cm³/mol. The Morgan fingerprint density at radius 3 is 2.74 bits per heavy atom. The van der Waals surface area contributed by atoms with Gasteiger partial charge >= 0.3 is 0 Å². The van der Waals surface area contributed by atoms with Crippen molar-refractivity contribution in [3.05, 3.63) is 27.8 Å². The van der Waals surface area contributed by atoms with E-state index >= 15 is 0 Å². The second-order valence-corrected chi connectivity index (χ2v) is 5.50. The molecule has 0 spiro atoms. The lowest BCUT2D eigenvalue weighted by Crippen LogP contribution is -2.33. The van der Waals surface area contributed by atoms with Gasteiger partial charge in [0.2, 0.25) is 11.2 Å². The number of likely N-dealkylation sites (tertiary alicyclic amines) is 1. The summed E-state index contributed by atoms with van der Waals surface area (Å²) in [6, 6.07) is 1.33. The maximum absolute atomic E-state index is 11.5. The van der Waals surface area contributed by atoms with E-state index in [2.05, 4.69) is 11.8 Å². The molecule has 0 bridgehead atoms. The Labute approximate surface area is 114 Å². The molecule has 1 N–H and O–H groups in total. The molecule has 2 rings (SSSR count). The van der Waals surface area contributed by atoms with Crippen molar-refractivity contribution in [1.82, 2.24) is 4.90 Å². The molecule has 0 radical (unpaired) electrons. The number of rotatable bonds is 4. The van der Waals surface area contributed by atoms with Crippen LogP contribution < -0.4 is 5.43 Å². The lowest BCUT2D eigenvalue weighted by atomic mass is 9.92. The van der Waals surface area contributed by atoms with Gasteiger partial charge in [0.15, 0.2) is 5.76 Å². The Morgan fingerprint density at radius 1 is 1.42 bits per heavy atom. The summed E-state index contributed by atoms with van der Waals surface area (Å²) in [5.74, 6) is 1.55. The molecule has 0 saturated carbocycles. The number of piperidine rings is 1. The summed E-state index contributed by atoms with van der Waals surface area (Å²) in [5, 5.41) is 9.76. The average molecular weight is 265 g/mol. The Bertz CT molecular complexity index is 473. The molecule has 0 atom stereocenters. The predicted octanol–water partition coefficient (Wildman–Crippen LogP) is 2.67. The highest BCUT2D eigenvalue weighted by molar-refractivity contribution is 5.24. The standard InChI is InChI=1S/C15H23NO3/c1-3-4-12-5-7-16(8-6-12)10-14-15(18)13(17)9-11(2)19-14/h9,12,18H,3-8,10H2,1-2H3. The highest BCUT2D eigenvalue weighted by Gasteiger charge is 2.21. The molecule has 0 aromatic carbocycles. The molecule has 0 aliphatic carbocycles. The third-order valence-corrected chi connectivity index (χ3v) is 3.89. The molecule has 1 fully saturated rings. The summed E-state index contributed by atoms with van der Waals surface area (Å²) >= 11 is 0. The van der Waals surface area contributed by atoms with Gasteiger partial charge in [-0.25, -0.2) is 0 Å². The van der Waals surface area contributed by atoms with Gasteiger partial charge in [0.05, 0.1) is 6.54 Å². The van der Waals surface area contributed by atoms with E-state index in [1.54, 1.807) is 6.92 Å². The smallest absolute Gasteiger partial charge is 0.227 e. The normalized spacial score (nSPS) is 17.8. The summed E-state index contributed by atoms with van der Waals surface area (Å²) in [6.07, 6.45) is 4.95. The average Bonchev–Trinajstić information content (AvgIpc) is 2.38. The van der Waals surface area contributed by atoms with E-state index in [4.69, 9.17) is 4.42 Å². The highest BCUT2D eigenvalue weighted by atomic mass is 16.4. The summed E-state index contributed by atoms with van der Waals surface area (Å²) in [5.41, 5.74) is -0.348. The zero-order chi connectivity index (χ0) is 13.8. The van der Waals surface area contributed by atoms with Crippen LogP contribution in [0.3, 0.4) is 0 Å². The van der Waals surface area contributed by atoms with Crippen LogP contribution in [0.5, 0.6) is 5.75 Å². The monoisotopic (exact) mass is 265 g/mol. The van der Waals surface area contributed by atoms with Crippen molar-refractivity contribution in [3.8, 4) is 5.75 Å². The molecule has 1 aromatic heterocycles. The third-order valence-electron chi connectivity index (χ3n) is 3.89. The summed E-state index contributed by atoms with van der Waals surface area (Å²) in [6.45, 7) is 6.52. The van der Waals surface area contributed by atoms with E-state index in [9.17, 15) is 9.90 Å². The zero-order valence-electron chi connectivity index (χ0n) is 11.8. The van der Waals surface area contributed by atoms with Crippen molar-refractivity contribution in [2.75, 3.05) is 13.1 Å². The van der Waals surface area contributed by atoms with Crippen molar-refractivity contribution in [1.29, 1.82) is 0 Å². The van der Waals surface area contributed by atoms with Gasteiger partial charge in [0, 0.05) is 6.07 Å². The molecule has 2 heterocycles. The minimum absolute atomic E-state index is 0.235. The van der Waals surface area contributed by atoms with Gasteiger partial charge in [-0.15, -0.1) is 0 Å². The fourth-order valence-corrected chi connectivity index (χ4v) is 2.81. The minimum Gasteiger partial charge on any atom is -0.502 e. The first-order valence-corrected chi connectivity index (χ1v) is 7.15. The molecule has 1 aromatic rings. The van der Waals surface area contributed by atoms with Crippen LogP contribution >= 0.6 is 0 Å². The quantitative estimate of drug-likeness (QED) is 0.909. The molecule has 0 unspecified atom stereocenters. The van der Waals surface area contributed by atoms with Crippen LogP contribution in [0, 0.1) is 12.8 Å². The zero-order valence-corrected chi connectivity index (χ0v) is 11.8. The van der Waals surface area contributed by atoms with Crippen LogP contribution in [-0.2, 0) is 6.54 Å². The lowest BCUT2D eigenvalue weighted by Gasteiger charge is -2.31. The molecule has 19 heavy (non-hydrogen) atoms. The first-order valence-electron chi connectivity index (χ1n) is 7.15. The Hall–Kier alpha value is -1.29. The van der Waals surface area contributed by atoms with E-state index in [1.165, 1.54) is 31.7 Å². The highest BCUT2D eigenvalue weighted by Crippen LogP contribution is 2.24. The van der Waals surface area contributed by atoms with Crippen molar-refractivity contribution in [3.63, 3.8) is 0 Å². The van der Waals surface area contributed by atoms with E-state index in [-0.39, 0.29) is 11.2 Å². The second kappa shape index (κ2) is 6.24. The van der Waals surface area contributed by atoms with Gasteiger partial charge in [0.25, 0.3) is 0 Å². The fraction of sp³-hybridized carbons (Fsp3) is 0.667. The molecule has 1 aliphatic rings. The largest absolute Gasteiger partial charge is 0.502 e. The van der Waals surface area contributed by atoms with Crippen LogP contribution in [0.2, 0.25) is 0 Å². The van der Waals surface area contributed by atoms with Crippen molar-refractivity contribution in [2.45, 2.75) is 46.1 Å². The second-order valence-electron chi connectivity index (χ2n) is 5.50. The number of hydrogen-bond acceptors (Lipinski definition) is 4. The first kappa shape index (κ1) is 14.1. The number of aromatic hydroxyl groups is 1. The van der Waals surface area contributed by atoms with E-state index in [0.717, 1.165) is 19.0 Å². The molecule has 106 valence electrons. The molecular weight excluding hydrogens is 242 g/mol. The molecule has 4 nitrogen and oxygen atoms in total. The maximum Gasteiger partial charge on any atom is 0.227 e. The molecule has 4 heteroatoms. The third kappa shape index (κ3) is 3.60. The van der Waals surface area contributed by atoms with Gasteiger partial charge < -0.3 is 9.52 Å². The van der Waals surface area contributed by atoms with Gasteiger partial charge in [-0.05, 0) is 38.8 Å². The molecule has 1 saturated heterocycles. The molecular formula is C15H23NO3. The van der Waals surface area contributed by atoms with Crippen LogP contribution in [0.25, 0.3) is 0 Å². The number of aryl methyl sites for hydroxylation is 1. The summed E-state index contributed by atoms with van der Waals surface area (Å²) in [7, 11) is 0.